The predicted molar refractivity (Wildman–Crippen MR) is 95.4 cm³/mol. The molecule has 0 atom stereocenters. The first-order valence-corrected chi connectivity index (χ1v) is 7.46. The molecule has 0 bridgehead atoms. The SMILES string of the molecule is C/C(=N\Nc1cc(C)c2ccccc2n1)c1cccc([N+](=O)[O-])c1. The van der Waals surface area contributed by atoms with Crippen LogP contribution in [0.4, 0.5) is 11.5 Å². The summed E-state index contributed by atoms with van der Waals surface area (Å²) < 4.78 is 0. The Hall–Kier alpha value is -3.28. The number of nitro benzene ring substituents is 1. The maximum absolute atomic E-state index is 10.9. The van der Waals surface area contributed by atoms with Crippen molar-refractivity contribution in [1.29, 1.82) is 0 Å². The summed E-state index contributed by atoms with van der Waals surface area (Å²) in [4.78, 5) is 15.0. The number of nitrogens with one attached hydrogen (secondary N) is 1. The molecular formula is C18H16N4O2. The van der Waals surface area contributed by atoms with Gasteiger partial charge in [0.2, 0.25) is 0 Å². The Morgan fingerprint density at radius 2 is 1.96 bits per heavy atom. The smallest absolute Gasteiger partial charge is 0.261 e. The van der Waals surface area contributed by atoms with Crippen molar-refractivity contribution in [2.45, 2.75) is 13.8 Å². The molecular weight excluding hydrogens is 304 g/mol. The topological polar surface area (TPSA) is 80.4 Å². The molecule has 120 valence electrons. The molecule has 0 amide bonds. The zero-order valence-corrected chi connectivity index (χ0v) is 13.4. The van der Waals surface area contributed by atoms with Crippen molar-refractivity contribution < 1.29 is 4.92 Å². The van der Waals surface area contributed by atoms with E-state index in [1.54, 1.807) is 19.1 Å². The van der Waals surface area contributed by atoms with Crippen molar-refractivity contribution in [1.82, 2.24) is 4.98 Å². The molecule has 1 N–H and O–H groups in total. The van der Waals surface area contributed by atoms with Crippen LogP contribution in [-0.2, 0) is 0 Å². The number of hydrogen-bond donors (Lipinski definition) is 1. The number of pyridine rings is 1. The summed E-state index contributed by atoms with van der Waals surface area (Å²) in [5.74, 6) is 0.635. The van der Waals surface area contributed by atoms with Crippen LogP contribution in [0.1, 0.15) is 18.1 Å². The van der Waals surface area contributed by atoms with Gasteiger partial charge in [-0.2, -0.15) is 5.10 Å². The number of para-hydroxylation sites is 1. The monoisotopic (exact) mass is 320 g/mol. The molecule has 0 fully saturated rings. The van der Waals surface area contributed by atoms with Gasteiger partial charge in [0.25, 0.3) is 5.69 Å². The lowest BCUT2D eigenvalue weighted by Gasteiger charge is -2.07. The fourth-order valence-electron chi connectivity index (χ4n) is 2.46. The van der Waals surface area contributed by atoms with Crippen LogP contribution in [0.5, 0.6) is 0 Å². The van der Waals surface area contributed by atoms with E-state index < -0.39 is 4.92 Å². The van der Waals surface area contributed by atoms with Gasteiger partial charge in [-0.3, -0.25) is 15.5 Å². The lowest BCUT2D eigenvalue weighted by molar-refractivity contribution is -0.384. The Bertz CT molecular complexity index is 951. The van der Waals surface area contributed by atoms with E-state index in [1.165, 1.54) is 12.1 Å². The minimum Gasteiger partial charge on any atom is -0.261 e. The molecule has 3 rings (SSSR count). The molecule has 0 saturated heterocycles. The normalized spacial score (nSPS) is 11.5. The average Bonchev–Trinajstić information content (AvgIpc) is 2.60. The third-order valence-corrected chi connectivity index (χ3v) is 3.74. The number of hydrazone groups is 1. The van der Waals surface area contributed by atoms with Crippen molar-refractivity contribution in [2.24, 2.45) is 5.10 Å². The molecule has 0 spiro atoms. The van der Waals surface area contributed by atoms with E-state index in [0.717, 1.165) is 16.5 Å². The molecule has 2 aromatic carbocycles. The first kappa shape index (κ1) is 15.6. The summed E-state index contributed by atoms with van der Waals surface area (Å²) in [6.07, 6.45) is 0. The lowest BCUT2D eigenvalue weighted by atomic mass is 10.1. The summed E-state index contributed by atoms with van der Waals surface area (Å²) >= 11 is 0. The number of benzene rings is 2. The second kappa shape index (κ2) is 6.45. The molecule has 1 heterocycles. The third-order valence-electron chi connectivity index (χ3n) is 3.74. The third kappa shape index (κ3) is 3.22. The molecule has 0 aliphatic heterocycles. The largest absolute Gasteiger partial charge is 0.270 e. The van der Waals surface area contributed by atoms with Crippen LogP contribution in [-0.4, -0.2) is 15.6 Å². The van der Waals surface area contributed by atoms with E-state index in [9.17, 15) is 10.1 Å². The maximum atomic E-state index is 10.9. The van der Waals surface area contributed by atoms with E-state index in [2.05, 4.69) is 15.5 Å². The van der Waals surface area contributed by atoms with Crippen LogP contribution >= 0.6 is 0 Å². The van der Waals surface area contributed by atoms with Gasteiger partial charge < -0.3 is 0 Å². The van der Waals surface area contributed by atoms with E-state index in [1.807, 2.05) is 37.3 Å². The van der Waals surface area contributed by atoms with Gasteiger partial charge in [0.1, 0.15) is 5.82 Å². The van der Waals surface area contributed by atoms with Crippen LogP contribution in [0, 0.1) is 17.0 Å². The molecule has 0 radical (unpaired) electrons. The van der Waals surface area contributed by atoms with Crippen LogP contribution in [0.3, 0.4) is 0 Å². The Morgan fingerprint density at radius 1 is 1.17 bits per heavy atom. The minimum absolute atomic E-state index is 0.0433. The second-order valence-electron chi connectivity index (χ2n) is 5.46. The Morgan fingerprint density at radius 3 is 2.75 bits per heavy atom. The van der Waals surface area contributed by atoms with Gasteiger partial charge in [0.05, 0.1) is 16.2 Å². The van der Waals surface area contributed by atoms with Crippen LogP contribution in [0.2, 0.25) is 0 Å². The number of fused-ring (bicyclic) bond motifs is 1. The molecule has 0 saturated carbocycles. The predicted octanol–water partition coefficient (Wildman–Crippen LogP) is 4.29. The van der Waals surface area contributed by atoms with E-state index in [4.69, 9.17) is 0 Å². The second-order valence-corrected chi connectivity index (χ2v) is 5.46. The fourth-order valence-corrected chi connectivity index (χ4v) is 2.46. The molecule has 24 heavy (non-hydrogen) atoms. The summed E-state index contributed by atoms with van der Waals surface area (Å²) in [6.45, 7) is 3.81. The highest BCUT2D eigenvalue weighted by atomic mass is 16.6. The molecule has 0 unspecified atom stereocenters. The fraction of sp³-hybridized carbons (Fsp3) is 0.111. The first-order chi connectivity index (χ1) is 11.5. The Kier molecular flexibility index (Phi) is 4.20. The molecule has 0 aliphatic carbocycles. The van der Waals surface area contributed by atoms with Crippen molar-refractivity contribution in [3.8, 4) is 0 Å². The van der Waals surface area contributed by atoms with Crippen LogP contribution in [0.25, 0.3) is 10.9 Å². The highest BCUT2D eigenvalue weighted by molar-refractivity contribution is 5.99. The quantitative estimate of drug-likeness (QED) is 0.442. The number of nitrogens with zero attached hydrogens (tertiary/aromatic N) is 3. The summed E-state index contributed by atoms with van der Waals surface area (Å²) in [5, 5.41) is 16.3. The van der Waals surface area contributed by atoms with Gasteiger partial charge in [0.15, 0.2) is 0 Å². The Labute approximate surface area is 139 Å². The average molecular weight is 320 g/mol. The zero-order valence-electron chi connectivity index (χ0n) is 13.4. The number of hydrogen-bond acceptors (Lipinski definition) is 5. The molecule has 1 aromatic heterocycles. The Balaban J connectivity index is 1.87. The van der Waals surface area contributed by atoms with Crippen LogP contribution in [0.15, 0.2) is 59.7 Å². The van der Waals surface area contributed by atoms with E-state index in [0.29, 0.717) is 17.1 Å². The van der Waals surface area contributed by atoms with Gasteiger partial charge in [-0.25, -0.2) is 4.98 Å². The van der Waals surface area contributed by atoms with Crippen molar-refractivity contribution in [3.63, 3.8) is 0 Å². The van der Waals surface area contributed by atoms with Gasteiger partial charge in [-0.15, -0.1) is 0 Å². The number of non-ortho nitro benzene ring substituents is 1. The number of anilines is 1. The number of nitro groups is 1. The van der Waals surface area contributed by atoms with Crippen molar-refractivity contribution in [2.75, 3.05) is 5.43 Å². The molecule has 6 nitrogen and oxygen atoms in total. The highest BCUT2D eigenvalue weighted by Gasteiger charge is 2.07. The highest BCUT2D eigenvalue weighted by Crippen LogP contribution is 2.20. The number of rotatable bonds is 4. The van der Waals surface area contributed by atoms with Gasteiger partial charge in [-0.1, -0.05) is 30.3 Å². The summed E-state index contributed by atoms with van der Waals surface area (Å²) in [5.41, 5.74) is 6.30. The van der Waals surface area contributed by atoms with Crippen molar-refractivity contribution >= 4 is 28.1 Å². The molecule has 3 aromatic rings. The van der Waals surface area contributed by atoms with E-state index in [-0.39, 0.29) is 5.69 Å². The minimum atomic E-state index is -0.418. The summed E-state index contributed by atoms with van der Waals surface area (Å²) in [6, 6.07) is 16.2. The van der Waals surface area contributed by atoms with Crippen LogP contribution < -0.4 is 5.43 Å². The van der Waals surface area contributed by atoms with Gasteiger partial charge in [-0.05, 0) is 31.5 Å². The standard InChI is InChI=1S/C18H16N4O2/c1-12-10-18(19-17-9-4-3-8-16(12)17)21-20-13(2)14-6-5-7-15(11-14)22(23)24/h3-11H,1-2H3,(H,19,21)/b20-13+. The lowest BCUT2D eigenvalue weighted by Crippen LogP contribution is -2.02. The summed E-state index contributed by atoms with van der Waals surface area (Å²) in [7, 11) is 0. The molecule has 0 aliphatic rings. The zero-order chi connectivity index (χ0) is 17.1. The van der Waals surface area contributed by atoms with Gasteiger partial charge in [0, 0.05) is 23.1 Å². The van der Waals surface area contributed by atoms with E-state index >= 15 is 0 Å². The first-order valence-electron chi connectivity index (χ1n) is 7.46. The number of aryl methyl sites for hydroxylation is 1. The number of aromatic nitrogens is 1. The van der Waals surface area contributed by atoms with Crippen molar-refractivity contribution in [3.05, 3.63) is 75.8 Å². The maximum Gasteiger partial charge on any atom is 0.270 e. The molecule has 6 heteroatoms. The van der Waals surface area contributed by atoms with Gasteiger partial charge >= 0.3 is 0 Å².